The number of nitrogens with one attached hydrogen (secondary N) is 1. The number of ether oxygens (including phenoxy) is 1. The molecule has 3 N–H and O–H groups in total. The predicted octanol–water partition coefficient (Wildman–Crippen LogP) is 1.31. The Hall–Kier alpha value is -1.43. The monoisotopic (exact) mass is 301 g/mol. The molecule has 0 unspecified atom stereocenters. The zero-order chi connectivity index (χ0) is 14.3. The van der Waals surface area contributed by atoms with Gasteiger partial charge in [-0.3, -0.25) is 4.72 Å². The van der Waals surface area contributed by atoms with Crippen molar-refractivity contribution in [3.8, 4) is 11.8 Å². The molecule has 1 aromatic carbocycles. The van der Waals surface area contributed by atoms with E-state index in [1.54, 1.807) is 23.9 Å². The van der Waals surface area contributed by atoms with E-state index >= 15 is 0 Å². The Bertz CT molecular complexity index is 567. The van der Waals surface area contributed by atoms with Gasteiger partial charge in [0.05, 0.1) is 12.3 Å². The SMILES string of the molecule is CSCCCOc1cccc(NS(N)(=O)=O)c1C#N. The van der Waals surface area contributed by atoms with Crippen LogP contribution in [-0.4, -0.2) is 27.0 Å². The van der Waals surface area contributed by atoms with E-state index in [0.717, 1.165) is 12.2 Å². The van der Waals surface area contributed by atoms with Gasteiger partial charge in [-0.2, -0.15) is 25.4 Å². The molecule has 8 heteroatoms. The first-order valence-corrected chi connectivity index (χ1v) is 8.37. The predicted molar refractivity (Wildman–Crippen MR) is 76.4 cm³/mol. The summed E-state index contributed by atoms with van der Waals surface area (Å²) in [6.07, 6.45) is 2.84. The number of nitriles is 1. The maximum Gasteiger partial charge on any atom is 0.296 e. The van der Waals surface area contributed by atoms with Crippen LogP contribution in [0.1, 0.15) is 12.0 Å². The van der Waals surface area contributed by atoms with Gasteiger partial charge in [-0.25, -0.2) is 5.14 Å². The maximum absolute atomic E-state index is 11.0. The van der Waals surface area contributed by atoms with Gasteiger partial charge >= 0.3 is 0 Å². The first-order valence-electron chi connectivity index (χ1n) is 5.43. The summed E-state index contributed by atoms with van der Waals surface area (Å²) in [5.41, 5.74) is 0.244. The largest absolute Gasteiger partial charge is 0.492 e. The van der Waals surface area contributed by atoms with E-state index in [4.69, 9.17) is 15.1 Å². The molecule has 0 aliphatic heterocycles. The number of nitrogens with two attached hydrogens (primary N) is 1. The van der Waals surface area contributed by atoms with Crippen molar-refractivity contribution in [2.45, 2.75) is 6.42 Å². The molecule has 104 valence electrons. The normalized spacial score (nSPS) is 10.8. The number of benzene rings is 1. The van der Waals surface area contributed by atoms with Crippen molar-refractivity contribution in [2.24, 2.45) is 5.14 Å². The molecule has 0 saturated carbocycles. The van der Waals surface area contributed by atoms with Crippen LogP contribution in [0.15, 0.2) is 18.2 Å². The highest BCUT2D eigenvalue weighted by Crippen LogP contribution is 2.26. The van der Waals surface area contributed by atoms with Crippen molar-refractivity contribution in [2.75, 3.05) is 23.3 Å². The Morgan fingerprint density at radius 1 is 1.53 bits per heavy atom. The molecule has 0 heterocycles. The summed E-state index contributed by atoms with van der Waals surface area (Å²) in [5.74, 6) is 1.30. The van der Waals surface area contributed by atoms with E-state index in [1.165, 1.54) is 6.07 Å². The number of anilines is 1. The number of hydrogen-bond donors (Lipinski definition) is 2. The van der Waals surface area contributed by atoms with E-state index in [1.807, 2.05) is 12.3 Å². The van der Waals surface area contributed by atoms with Crippen LogP contribution in [0, 0.1) is 11.3 Å². The lowest BCUT2D eigenvalue weighted by Gasteiger charge is -2.11. The summed E-state index contributed by atoms with van der Waals surface area (Å²) in [7, 11) is -3.92. The molecule has 0 aromatic heterocycles. The molecular formula is C11H15N3O3S2. The Kier molecular flexibility index (Phi) is 5.95. The number of nitrogens with zero attached hydrogens (tertiary/aromatic N) is 1. The van der Waals surface area contributed by atoms with E-state index in [9.17, 15) is 8.42 Å². The summed E-state index contributed by atoms with van der Waals surface area (Å²) in [4.78, 5) is 0. The second-order valence-corrected chi connectivity index (χ2v) is 5.91. The smallest absolute Gasteiger partial charge is 0.296 e. The third-order valence-electron chi connectivity index (χ3n) is 2.14. The lowest BCUT2D eigenvalue weighted by Crippen LogP contribution is -2.22. The van der Waals surface area contributed by atoms with Crippen LogP contribution < -0.4 is 14.6 Å². The van der Waals surface area contributed by atoms with E-state index in [2.05, 4.69) is 4.72 Å². The van der Waals surface area contributed by atoms with Gasteiger partial charge in [0.15, 0.2) is 0 Å². The third kappa shape index (κ3) is 5.38. The minimum atomic E-state index is -3.92. The molecule has 0 bridgehead atoms. The molecule has 0 amide bonds. The fraction of sp³-hybridized carbons (Fsp3) is 0.364. The summed E-state index contributed by atoms with van der Waals surface area (Å²) in [6.45, 7) is 0.467. The molecule has 0 spiro atoms. The van der Waals surface area contributed by atoms with Gasteiger partial charge in [0, 0.05) is 0 Å². The lowest BCUT2D eigenvalue weighted by atomic mass is 10.2. The summed E-state index contributed by atoms with van der Waals surface area (Å²) >= 11 is 1.70. The fourth-order valence-corrected chi connectivity index (χ4v) is 2.27. The molecule has 1 aromatic rings. The zero-order valence-electron chi connectivity index (χ0n) is 10.4. The molecule has 0 aliphatic rings. The summed E-state index contributed by atoms with van der Waals surface area (Å²) in [6, 6.07) is 6.58. The van der Waals surface area contributed by atoms with Gasteiger partial charge < -0.3 is 4.74 Å². The van der Waals surface area contributed by atoms with Gasteiger partial charge in [-0.05, 0) is 30.6 Å². The Balaban J connectivity index is 2.88. The maximum atomic E-state index is 11.0. The second kappa shape index (κ2) is 7.23. The molecule has 19 heavy (non-hydrogen) atoms. The zero-order valence-corrected chi connectivity index (χ0v) is 12.1. The lowest BCUT2D eigenvalue weighted by molar-refractivity contribution is 0.318. The van der Waals surface area contributed by atoms with E-state index < -0.39 is 10.2 Å². The fourth-order valence-electron chi connectivity index (χ4n) is 1.39. The van der Waals surface area contributed by atoms with Crippen molar-refractivity contribution in [3.63, 3.8) is 0 Å². The van der Waals surface area contributed by atoms with Gasteiger partial charge in [-0.1, -0.05) is 6.07 Å². The van der Waals surface area contributed by atoms with Crippen LogP contribution in [0.4, 0.5) is 5.69 Å². The third-order valence-corrected chi connectivity index (χ3v) is 3.34. The van der Waals surface area contributed by atoms with Gasteiger partial charge in [0.1, 0.15) is 17.4 Å². The first kappa shape index (κ1) is 15.6. The minimum Gasteiger partial charge on any atom is -0.492 e. The van der Waals surface area contributed by atoms with Crippen LogP contribution in [0.2, 0.25) is 0 Å². The average Bonchev–Trinajstić information content (AvgIpc) is 2.33. The van der Waals surface area contributed by atoms with Crippen LogP contribution in [0.3, 0.4) is 0 Å². The van der Waals surface area contributed by atoms with Gasteiger partial charge in [0.2, 0.25) is 0 Å². The molecule has 1 rings (SSSR count). The quantitative estimate of drug-likeness (QED) is 0.739. The van der Waals surface area contributed by atoms with E-state index in [0.29, 0.717) is 12.4 Å². The van der Waals surface area contributed by atoms with Crippen LogP contribution in [0.25, 0.3) is 0 Å². The molecule has 0 radical (unpaired) electrons. The molecule has 0 atom stereocenters. The van der Waals surface area contributed by atoms with Gasteiger partial charge in [0.25, 0.3) is 10.2 Å². The summed E-state index contributed by atoms with van der Waals surface area (Å²) in [5, 5.41) is 14.0. The van der Waals surface area contributed by atoms with Crippen molar-refractivity contribution in [3.05, 3.63) is 23.8 Å². The average molecular weight is 301 g/mol. The minimum absolute atomic E-state index is 0.118. The molecule has 0 saturated heterocycles. The first-order chi connectivity index (χ1) is 8.98. The standard InChI is InChI=1S/C11H15N3O3S2/c1-18-7-3-6-17-11-5-2-4-10(9(11)8-12)14-19(13,15)16/h2,4-5,14H,3,6-7H2,1H3,(H2,13,15,16). The highest BCUT2D eigenvalue weighted by atomic mass is 32.2. The van der Waals surface area contributed by atoms with Crippen molar-refractivity contribution >= 4 is 27.7 Å². The number of thioether (sulfide) groups is 1. The van der Waals surface area contributed by atoms with Crippen LogP contribution >= 0.6 is 11.8 Å². The molecule has 6 nitrogen and oxygen atoms in total. The Labute approximate surface area is 117 Å². The van der Waals surface area contributed by atoms with Crippen LogP contribution in [-0.2, 0) is 10.2 Å². The Morgan fingerprint density at radius 2 is 2.26 bits per heavy atom. The Morgan fingerprint density at radius 3 is 2.84 bits per heavy atom. The molecule has 0 aliphatic carbocycles. The topological polar surface area (TPSA) is 105 Å². The molecular weight excluding hydrogens is 286 g/mol. The van der Waals surface area contributed by atoms with Crippen LogP contribution in [0.5, 0.6) is 5.75 Å². The molecule has 0 fully saturated rings. The second-order valence-electron chi connectivity index (χ2n) is 3.63. The van der Waals surface area contributed by atoms with Crippen molar-refractivity contribution < 1.29 is 13.2 Å². The van der Waals surface area contributed by atoms with Gasteiger partial charge in [-0.15, -0.1) is 0 Å². The van der Waals surface area contributed by atoms with Crippen molar-refractivity contribution in [1.82, 2.24) is 0 Å². The summed E-state index contributed by atoms with van der Waals surface area (Å²) < 4.78 is 29.5. The van der Waals surface area contributed by atoms with Crippen molar-refractivity contribution in [1.29, 1.82) is 5.26 Å². The highest BCUT2D eigenvalue weighted by molar-refractivity contribution is 7.98. The highest BCUT2D eigenvalue weighted by Gasteiger charge is 2.12. The van der Waals surface area contributed by atoms with E-state index in [-0.39, 0.29) is 11.3 Å². The number of rotatable bonds is 7. The number of hydrogen-bond acceptors (Lipinski definition) is 5.